The molecule has 0 radical (unpaired) electrons. The van der Waals surface area contributed by atoms with Gasteiger partial charge in [-0.25, -0.2) is 0 Å². The van der Waals surface area contributed by atoms with Crippen LogP contribution < -0.4 is 4.72 Å². The molecule has 1 atom stereocenters. The highest BCUT2D eigenvalue weighted by atomic mass is 32.2. The molecule has 1 fully saturated rings. The van der Waals surface area contributed by atoms with Crippen LogP contribution in [0.5, 0.6) is 0 Å². The summed E-state index contributed by atoms with van der Waals surface area (Å²) in [6.07, 6.45) is 0. The third kappa shape index (κ3) is 3.91. The molecule has 1 heterocycles. The van der Waals surface area contributed by atoms with Crippen molar-refractivity contribution in [3.8, 4) is 0 Å². The van der Waals surface area contributed by atoms with Crippen LogP contribution in [0, 0.1) is 0 Å². The molecule has 7 nitrogen and oxygen atoms in total. The molecular weight excluding hydrogens is 248 g/mol. The van der Waals surface area contributed by atoms with E-state index >= 15 is 0 Å². The van der Waals surface area contributed by atoms with Crippen molar-refractivity contribution in [2.45, 2.75) is 32.4 Å². The van der Waals surface area contributed by atoms with Crippen LogP contribution in [0.4, 0.5) is 0 Å². The highest BCUT2D eigenvalue weighted by Gasteiger charge is 2.35. The quantitative estimate of drug-likeness (QED) is 0.708. The standard InChI is InChI=1S/C9H18N2O5S/c1-7(8(12)13)10-17(14,15)11-4-5-16-9(2,3)6-11/h7,10H,4-6H2,1-3H3,(H,12,13)/t7-/m1/s1. The van der Waals surface area contributed by atoms with Crippen LogP contribution in [-0.4, -0.2) is 55.1 Å². The lowest BCUT2D eigenvalue weighted by Gasteiger charge is -2.37. The predicted molar refractivity (Wildman–Crippen MR) is 60.8 cm³/mol. The lowest BCUT2D eigenvalue weighted by molar-refractivity contribution is -0.138. The summed E-state index contributed by atoms with van der Waals surface area (Å²) in [4.78, 5) is 10.6. The number of hydrogen-bond acceptors (Lipinski definition) is 4. The first-order valence-electron chi connectivity index (χ1n) is 5.28. The normalized spacial score (nSPS) is 23.2. The third-order valence-electron chi connectivity index (χ3n) is 2.43. The summed E-state index contributed by atoms with van der Waals surface area (Å²) in [5, 5.41) is 8.68. The Kier molecular flexibility index (Phi) is 4.13. The van der Waals surface area contributed by atoms with Crippen LogP contribution in [0.25, 0.3) is 0 Å². The van der Waals surface area contributed by atoms with E-state index in [-0.39, 0.29) is 13.1 Å². The first-order valence-corrected chi connectivity index (χ1v) is 6.72. The van der Waals surface area contributed by atoms with Crippen LogP contribution in [0.1, 0.15) is 20.8 Å². The summed E-state index contributed by atoms with van der Waals surface area (Å²) in [5.74, 6) is -1.21. The number of rotatable bonds is 4. The number of morpholine rings is 1. The number of carboxylic acids is 1. The van der Waals surface area contributed by atoms with E-state index in [1.54, 1.807) is 13.8 Å². The van der Waals surface area contributed by atoms with Gasteiger partial charge in [0.2, 0.25) is 0 Å². The average molecular weight is 266 g/mol. The molecule has 8 heteroatoms. The molecule has 0 unspecified atom stereocenters. The summed E-state index contributed by atoms with van der Waals surface area (Å²) in [6.45, 7) is 5.59. The lowest BCUT2D eigenvalue weighted by Crippen LogP contribution is -2.55. The summed E-state index contributed by atoms with van der Waals surface area (Å²) in [6, 6.07) is -1.15. The molecule has 1 aliphatic rings. The Morgan fingerprint density at radius 1 is 1.53 bits per heavy atom. The minimum Gasteiger partial charge on any atom is -0.480 e. The molecule has 0 bridgehead atoms. The molecule has 0 aromatic heterocycles. The molecule has 0 aromatic rings. The minimum absolute atomic E-state index is 0.203. The second-order valence-corrected chi connectivity index (χ2v) is 6.33. The van der Waals surface area contributed by atoms with Crippen LogP contribution >= 0.6 is 0 Å². The maximum absolute atomic E-state index is 11.9. The van der Waals surface area contributed by atoms with Gasteiger partial charge in [0, 0.05) is 13.1 Å². The zero-order valence-corrected chi connectivity index (χ0v) is 11.0. The first kappa shape index (κ1) is 14.4. The van der Waals surface area contributed by atoms with Gasteiger partial charge in [-0.3, -0.25) is 4.79 Å². The smallest absolute Gasteiger partial charge is 0.321 e. The molecule has 1 saturated heterocycles. The van der Waals surface area contributed by atoms with Crippen LogP contribution in [-0.2, 0) is 19.7 Å². The Morgan fingerprint density at radius 3 is 2.59 bits per heavy atom. The molecule has 0 amide bonds. The molecule has 0 aliphatic carbocycles. The highest BCUT2D eigenvalue weighted by molar-refractivity contribution is 7.87. The fourth-order valence-electron chi connectivity index (χ4n) is 1.53. The SMILES string of the molecule is C[C@@H](NS(=O)(=O)N1CCOC(C)(C)C1)C(=O)O. The van der Waals surface area contributed by atoms with Crippen molar-refractivity contribution in [1.29, 1.82) is 0 Å². The van der Waals surface area contributed by atoms with Gasteiger partial charge in [0.1, 0.15) is 6.04 Å². The molecule has 0 saturated carbocycles. The van der Waals surface area contributed by atoms with E-state index in [1.165, 1.54) is 11.2 Å². The van der Waals surface area contributed by atoms with E-state index in [2.05, 4.69) is 4.72 Å². The highest BCUT2D eigenvalue weighted by Crippen LogP contribution is 2.18. The molecule has 2 N–H and O–H groups in total. The van der Waals surface area contributed by atoms with Crippen molar-refractivity contribution >= 4 is 16.2 Å². The van der Waals surface area contributed by atoms with Gasteiger partial charge >= 0.3 is 5.97 Å². The third-order valence-corrected chi connectivity index (χ3v) is 4.07. The lowest BCUT2D eigenvalue weighted by atomic mass is 10.1. The zero-order chi connectivity index (χ0) is 13.3. The molecule has 0 spiro atoms. The van der Waals surface area contributed by atoms with Crippen LogP contribution in [0.3, 0.4) is 0 Å². The topological polar surface area (TPSA) is 95.9 Å². The molecule has 1 rings (SSSR count). The van der Waals surface area contributed by atoms with E-state index in [4.69, 9.17) is 9.84 Å². The van der Waals surface area contributed by atoms with Gasteiger partial charge in [-0.05, 0) is 20.8 Å². The van der Waals surface area contributed by atoms with Gasteiger partial charge in [0.15, 0.2) is 0 Å². The molecule has 1 aliphatic heterocycles. The van der Waals surface area contributed by atoms with Gasteiger partial charge in [0.25, 0.3) is 10.2 Å². The Morgan fingerprint density at radius 2 is 2.12 bits per heavy atom. The van der Waals surface area contributed by atoms with Gasteiger partial charge in [-0.2, -0.15) is 17.4 Å². The molecule has 100 valence electrons. The van der Waals surface area contributed by atoms with Crippen molar-refractivity contribution in [2.24, 2.45) is 0 Å². The van der Waals surface area contributed by atoms with Crippen molar-refractivity contribution in [1.82, 2.24) is 9.03 Å². The number of aliphatic carboxylic acids is 1. The predicted octanol–water partition coefficient (Wildman–Crippen LogP) is -0.595. The van der Waals surface area contributed by atoms with E-state index in [9.17, 15) is 13.2 Å². The van der Waals surface area contributed by atoms with Crippen molar-refractivity contribution in [2.75, 3.05) is 19.7 Å². The second-order valence-electron chi connectivity index (χ2n) is 4.62. The number of ether oxygens (including phenoxy) is 1. The first-order chi connectivity index (χ1) is 7.64. The van der Waals surface area contributed by atoms with E-state index in [1.807, 2.05) is 0 Å². The fraction of sp³-hybridized carbons (Fsp3) is 0.889. The summed E-state index contributed by atoms with van der Waals surface area (Å²) in [7, 11) is -3.78. The zero-order valence-electron chi connectivity index (χ0n) is 10.1. The summed E-state index contributed by atoms with van der Waals surface area (Å²) < 4.78 is 32.5. The van der Waals surface area contributed by atoms with E-state index < -0.39 is 27.8 Å². The fourth-order valence-corrected chi connectivity index (χ4v) is 3.02. The Balaban J connectivity index is 2.74. The number of nitrogens with zero attached hydrogens (tertiary/aromatic N) is 1. The molecule has 17 heavy (non-hydrogen) atoms. The van der Waals surface area contributed by atoms with Gasteiger partial charge in [-0.1, -0.05) is 0 Å². The Labute approximate surface area is 101 Å². The van der Waals surface area contributed by atoms with Crippen LogP contribution in [0.15, 0.2) is 0 Å². The number of carboxylic acid groups (broad SMARTS) is 1. The summed E-state index contributed by atoms with van der Waals surface area (Å²) >= 11 is 0. The van der Waals surface area contributed by atoms with Crippen molar-refractivity contribution in [3.63, 3.8) is 0 Å². The van der Waals surface area contributed by atoms with Gasteiger partial charge in [0.05, 0.1) is 12.2 Å². The molecular formula is C9H18N2O5S. The Hall–Kier alpha value is -0.700. The largest absolute Gasteiger partial charge is 0.480 e. The maximum atomic E-state index is 11.9. The van der Waals surface area contributed by atoms with Gasteiger partial charge < -0.3 is 9.84 Å². The van der Waals surface area contributed by atoms with Gasteiger partial charge in [-0.15, -0.1) is 0 Å². The number of nitrogens with one attached hydrogen (secondary N) is 1. The number of carbonyl (C=O) groups is 1. The second kappa shape index (κ2) is 4.89. The van der Waals surface area contributed by atoms with Crippen LogP contribution in [0.2, 0.25) is 0 Å². The van der Waals surface area contributed by atoms with Crippen molar-refractivity contribution < 1.29 is 23.1 Å². The maximum Gasteiger partial charge on any atom is 0.321 e. The average Bonchev–Trinajstić information content (AvgIpc) is 2.15. The van der Waals surface area contributed by atoms with E-state index in [0.717, 1.165) is 0 Å². The monoisotopic (exact) mass is 266 g/mol. The van der Waals surface area contributed by atoms with E-state index in [0.29, 0.717) is 6.61 Å². The molecule has 0 aromatic carbocycles. The summed E-state index contributed by atoms with van der Waals surface area (Å²) in [5.41, 5.74) is -0.556. The van der Waals surface area contributed by atoms with Crippen molar-refractivity contribution in [3.05, 3.63) is 0 Å². The number of hydrogen-bond donors (Lipinski definition) is 2. The minimum atomic E-state index is -3.78. The Bertz CT molecular complexity index is 392.